The van der Waals surface area contributed by atoms with E-state index in [-0.39, 0.29) is 17.5 Å². The van der Waals surface area contributed by atoms with Gasteiger partial charge in [-0.25, -0.2) is 4.98 Å². The monoisotopic (exact) mass is 266 g/mol. The van der Waals surface area contributed by atoms with Gasteiger partial charge in [0.2, 0.25) is 5.91 Å². The molecule has 1 aliphatic rings. The lowest BCUT2D eigenvalue weighted by Gasteiger charge is -2.08. The van der Waals surface area contributed by atoms with Gasteiger partial charge in [0.05, 0.1) is 0 Å². The molecule has 1 aromatic rings. The van der Waals surface area contributed by atoms with Crippen molar-refractivity contribution in [2.75, 3.05) is 17.7 Å². The fourth-order valence-electron chi connectivity index (χ4n) is 1.72. The van der Waals surface area contributed by atoms with Crippen LogP contribution in [0.25, 0.3) is 0 Å². The fraction of sp³-hybridized carbons (Fsp3) is 0.364. The second-order valence-corrected chi connectivity index (χ2v) is 4.94. The van der Waals surface area contributed by atoms with Gasteiger partial charge in [-0.15, -0.1) is 0 Å². The number of primary amides is 1. The molecule has 0 bridgehead atoms. The first-order valence-corrected chi connectivity index (χ1v) is 6.37. The minimum absolute atomic E-state index is 0.0640. The highest BCUT2D eigenvalue weighted by molar-refractivity contribution is 7.20. The summed E-state index contributed by atoms with van der Waals surface area (Å²) in [5, 5.41) is 6.50. The van der Waals surface area contributed by atoms with Crippen molar-refractivity contribution in [2.24, 2.45) is 11.7 Å². The standard InChI is InChI=1S/C11H14N4O2S/c1-13-11-14-7(8(12)16)10(18-11)15-9(17)6-4-2-3-5-6/h2-3,6H,4-5H2,1H3,(H2,12,16)(H,13,14)(H,15,17). The predicted molar refractivity (Wildman–Crippen MR) is 70.7 cm³/mol. The first kappa shape index (κ1) is 12.6. The van der Waals surface area contributed by atoms with Gasteiger partial charge < -0.3 is 16.4 Å². The molecule has 4 N–H and O–H groups in total. The third kappa shape index (κ3) is 2.51. The molecule has 1 aliphatic carbocycles. The van der Waals surface area contributed by atoms with E-state index in [0.29, 0.717) is 10.1 Å². The average molecular weight is 266 g/mol. The van der Waals surface area contributed by atoms with Crippen LogP contribution < -0.4 is 16.4 Å². The predicted octanol–water partition coefficient (Wildman–Crippen LogP) is 1.19. The third-order valence-electron chi connectivity index (χ3n) is 2.69. The number of nitrogens with two attached hydrogens (primary N) is 1. The van der Waals surface area contributed by atoms with Crippen LogP contribution in [0.5, 0.6) is 0 Å². The molecular formula is C11H14N4O2S. The molecule has 96 valence electrons. The van der Waals surface area contributed by atoms with Gasteiger partial charge in [0.15, 0.2) is 10.8 Å². The molecule has 0 saturated carbocycles. The van der Waals surface area contributed by atoms with E-state index in [1.54, 1.807) is 7.05 Å². The Morgan fingerprint density at radius 1 is 1.44 bits per heavy atom. The zero-order valence-corrected chi connectivity index (χ0v) is 10.7. The fourth-order valence-corrected chi connectivity index (χ4v) is 2.55. The SMILES string of the molecule is CNc1nc(C(N)=O)c(NC(=O)C2CC=CC2)s1. The van der Waals surface area contributed by atoms with Crippen molar-refractivity contribution in [2.45, 2.75) is 12.8 Å². The highest BCUT2D eigenvalue weighted by Gasteiger charge is 2.23. The molecule has 0 aromatic carbocycles. The van der Waals surface area contributed by atoms with Crippen LogP contribution in [-0.4, -0.2) is 23.8 Å². The van der Waals surface area contributed by atoms with E-state index in [1.165, 1.54) is 11.3 Å². The van der Waals surface area contributed by atoms with Crippen molar-refractivity contribution >= 4 is 33.3 Å². The number of hydrogen-bond acceptors (Lipinski definition) is 5. The van der Waals surface area contributed by atoms with Crippen molar-refractivity contribution < 1.29 is 9.59 Å². The maximum Gasteiger partial charge on any atom is 0.270 e. The highest BCUT2D eigenvalue weighted by Crippen LogP contribution is 2.29. The Hall–Kier alpha value is -1.89. The zero-order valence-electron chi connectivity index (χ0n) is 9.90. The Morgan fingerprint density at radius 3 is 2.67 bits per heavy atom. The molecule has 0 unspecified atom stereocenters. The summed E-state index contributed by atoms with van der Waals surface area (Å²) in [7, 11) is 1.69. The van der Waals surface area contributed by atoms with E-state index >= 15 is 0 Å². The largest absolute Gasteiger partial charge is 0.365 e. The number of rotatable bonds is 4. The molecule has 0 saturated heterocycles. The van der Waals surface area contributed by atoms with Gasteiger partial charge in [-0.1, -0.05) is 23.5 Å². The van der Waals surface area contributed by atoms with Crippen molar-refractivity contribution in [3.8, 4) is 0 Å². The van der Waals surface area contributed by atoms with Gasteiger partial charge in [0, 0.05) is 13.0 Å². The summed E-state index contributed by atoms with van der Waals surface area (Å²) in [6.07, 6.45) is 5.42. The van der Waals surface area contributed by atoms with Crippen molar-refractivity contribution in [1.29, 1.82) is 0 Å². The molecule has 6 nitrogen and oxygen atoms in total. The Kier molecular flexibility index (Phi) is 3.61. The third-order valence-corrected chi connectivity index (χ3v) is 3.68. The molecule has 0 spiro atoms. The van der Waals surface area contributed by atoms with Crippen LogP contribution in [0.15, 0.2) is 12.2 Å². The Bertz CT molecular complexity index is 501. The topological polar surface area (TPSA) is 97.1 Å². The number of hydrogen-bond donors (Lipinski definition) is 3. The van der Waals surface area contributed by atoms with E-state index in [9.17, 15) is 9.59 Å². The van der Waals surface area contributed by atoms with Gasteiger partial charge >= 0.3 is 0 Å². The summed E-state index contributed by atoms with van der Waals surface area (Å²) >= 11 is 1.20. The number of amides is 2. The van der Waals surface area contributed by atoms with Gasteiger partial charge in [-0.05, 0) is 12.8 Å². The molecule has 7 heteroatoms. The molecule has 0 atom stereocenters. The average Bonchev–Trinajstić information content (AvgIpc) is 2.97. The van der Waals surface area contributed by atoms with Crippen LogP contribution in [0.1, 0.15) is 23.3 Å². The smallest absolute Gasteiger partial charge is 0.270 e. The van der Waals surface area contributed by atoms with Crippen LogP contribution in [0.2, 0.25) is 0 Å². The van der Waals surface area contributed by atoms with Gasteiger partial charge in [0.25, 0.3) is 5.91 Å². The quantitative estimate of drug-likeness (QED) is 0.713. The number of nitrogens with one attached hydrogen (secondary N) is 2. The first-order chi connectivity index (χ1) is 8.61. The number of aromatic nitrogens is 1. The zero-order chi connectivity index (χ0) is 13.1. The lowest BCUT2D eigenvalue weighted by molar-refractivity contribution is -0.119. The highest BCUT2D eigenvalue weighted by atomic mass is 32.1. The lowest BCUT2D eigenvalue weighted by Crippen LogP contribution is -2.22. The Balaban J connectivity index is 2.14. The van der Waals surface area contributed by atoms with E-state index in [4.69, 9.17) is 5.73 Å². The van der Waals surface area contributed by atoms with Gasteiger partial charge in [-0.3, -0.25) is 9.59 Å². The molecule has 2 amide bonds. The maximum atomic E-state index is 11.9. The number of carbonyl (C=O) groups excluding carboxylic acids is 2. The van der Waals surface area contributed by atoms with Crippen LogP contribution in [-0.2, 0) is 4.79 Å². The van der Waals surface area contributed by atoms with E-state index in [0.717, 1.165) is 12.8 Å². The molecular weight excluding hydrogens is 252 g/mol. The van der Waals surface area contributed by atoms with Crippen LogP contribution in [0, 0.1) is 5.92 Å². The summed E-state index contributed by atoms with van der Waals surface area (Å²) in [5.74, 6) is -0.813. The van der Waals surface area contributed by atoms with Crippen LogP contribution in [0.3, 0.4) is 0 Å². The molecule has 1 aromatic heterocycles. The summed E-state index contributed by atoms with van der Waals surface area (Å²) in [5.41, 5.74) is 5.33. The van der Waals surface area contributed by atoms with E-state index in [1.807, 2.05) is 12.2 Å². The summed E-state index contributed by atoms with van der Waals surface area (Å²) < 4.78 is 0. The molecule has 2 rings (SSSR count). The minimum atomic E-state index is -0.646. The van der Waals surface area contributed by atoms with E-state index in [2.05, 4.69) is 15.6 Å². The second-order valence-electron chi connectivity index (χ2n) is 3.94. The van der Waals surface area contributed by atoms with E-state index < -0.39 is 5.91 Å². The molecule has 0 aliphatic heterocycles. The molecule has 0 fully saturated rings. The van der Waals surface area contributed by atoms with Crippen molar-refractivity contribution in [3.05, 3.63) is 17.8 Å². The number of allylic oxidation sites excluding steroid dienone is 2. The summed E-state index contributed by atoms with van der Waals surface area (Å²) in [6.45, 7) is 0. The first-order valence-electron chi connectivity index (χ1n) is 5.56. The lowest BCUT2D eigenvalue weighted by atomic mass is 10.1. The normalized spacial score (nSPS) is 14.7. The second kappa shape index (κ2) is 5.18. The number of thiazole rings is 1. The van der Waals surface area contributed by atoms with Gasteiger partial charge in [0.1, 0.15) is 5.00 Å². The Labute approximate surface area is 108 Å². The number of nitrogens with zero attached hydrogens (tertiary/aromatic N) is 1. The number of carbonyl (C=O) groups is 2. The minimum Gasteiger partial charge on any atom is -0.365 e. The van der Waals surface area contributed by atoms with Crippen LogP contribution >= 0.6 is 11.3 Å². The van der Waals surface area contributed by atoms with Gasteiger partial charge in [-0.2, -0.15) is 0 Å². The van der Waals surface area contributed by atoms with Crippen molar-refractivity contribution in [3.63, 3.8) is 0 Å². The Morgan fingerprint density at radius 2 is 2.11 bits per heavy atom. The summed E-state index contributed by atoms with van der Waals surface area (Å²) in [4.78, 5) is 27.2. The van der Waals surface area contributed by atoms with Crippen LogP contribution in [0.4, 0.5) is 10.1 Å². The molecule has 18 heavy (non-hydrogen) atoms. The van der Waals surface area contributed by atoms with Crippen molar-refractivity contribution in [1.82, 2.24) is 4.98 Å². The maximum absolute atomic E-state index is 11.9. The number of anilines is 2. The summed E-state index contributed by atoms with van der Waals surface area (Å²) in [6, 6.07) is 0. The molecule has 0 radical (unpaired) electrons. The molecule has 1 heterocycles.